The van der Waals surface area contributed by atoms with Crippen LogP contribution in [0.2, 0.25) is 0 Å². The lowest BCUT2D eigenvalue weighted by atomic mass is 9.99. The summed E-state index contributed by atoms with van der Waals surface area (Å²) in [4.78, 5) is 28.3. The Bertz CT molecular complexity index is 765. The number of anilines is 1. The van der Waals surface area contributed by atoms with Crippen molar-refractivity contribution in [1.29, 1.82) is 0 Å². The van der Waals surface area contributed by atoms with Crippen LogP contribution in [-0.4, -0.2) is 16.8 Å². The number of aromatic nitrogens is 1. The zero-order chi connectivity index (χ0) is 15.1. The van der Waals surface area contributed by atoms with E-state index >= 15 is 0 Å². The van der Waals surface area contributed by atoms with Crippen molar-refractivity contribution in [3.8, 4) is 10.4 Å². The normalized spacial score (nSPS) is 13.0. The van der Waals surface area contributed by atoms with E-state index in [2.05, 4.69) is 15.6 Å². The van der Waals surface area contributed by atoms with Crippen molar-refractivity contribution in [2.45, 2.75) is 27.3 Å². The van der Waals surface area contributed by atoms with Crippen LogP contribution in [-0.2, 0) is 11.3 Å². The van der Waals surface area contributed by atoms with E-state index in [-0.39, 0.29) is 11.8 Å². The zero-order valence-corrected chi connectivity index (χ0v) is 12.9. The fraction of sp³-hybridized carbons (Fsp3) is 0.267. The number of carbonyl (C=O) groups is 2. The monoisotopic (exact) mass is 301 g/mol. The Morgan fingerprint density at radius 1 is 1.38 bits per heavy atom. The minimum Gasteiger partial charge on any atom is -0.348 e. The Balaban J connectivity index is 2.06. The van der Waals surface area contributed by atoms with Crippen molar-refractivity contribution in [3.05, 3.63) is 34.5 Å². The Labute approximate surface area is 126 Å². The molecule has 1 aromatic carbocycles. The average Bonchev–Trinajstić information content (AvgIpc) is 2.93. The summed E-state index contributed by atoms with van der Waals surface area (Å²) in [5, 5.41) is 6.15. The number of fused-ring (bicyclic) bond motifs is 1. The first-order valence-corrected chi connectivity index (χ1v) is 7.44. The van der Waals surface area contributed by atoms with Crippen LogP contribution < -0.4 is 10.6 Å². The molecule has 0 aliphatic carbocycles. The molecule has 2 N–H and O–H groups in total. The number of benzene rings is 1. The van der Waals surface area contributed by atoms with Crippen LogP contribution in [0.15, 0.2) is 12.1 Å². The summed E-state index contributed by atoms with van der Waals surface area (Å²) in [5.41, 5.74) is 4.67. The van der Waals surface area contributed by atoms with Crippen LogP contribution in [0.4, 0.5) is 5.13 Å². The molecule has 3 rings (SSSR count). The zero-order valence-electron chi connectivity index (χ0n) is 12.0. The van der Waals surface area contributed by atoms with Crippen molar-refractivity contribution in [2.75, 3.05) is 5.32 Å². The number of aryl methyl sites for hydroxylation is 2. The number of amides is 2. The molecule has 21 heavy (non-hydrogen) atoms. The average molecular weight is 301 g/mol. The number of thiazole rings is 1. The van der Waals surface area contributed by atoms with Gasteiger partial charge in [0.2, 0.25) is 5.91 Å². The van der Waals surface area contributed by atoms with Gasteiger partial charge in [-0.2, -0.15) is 0 Å². The van der Waals surface area contributed by atoms with Gasteiger partial charge in [-0.25, -0.2) is 4.98 Å². The highest BCUT2D eigenvalue weighted by molar-refractivity contribution is 7.19. The van der Waals surface area contributed by atoms with Crippen LogP contribution in [0.1, 0.15) is 34.1 Å². The van der Waals surface area contributed by atoms with E-state index in [1.54, 1.807) is 0 Å². The second-order valence-corrected chi connectivity index (χ2v) is 6.12. The first kappa shape index (κ1) is 13.8. The van der Waals surface area contributed by atoms with Gasteiger partial charge in [-0.15, -0.1) is 0 Å². The molecule has 2 heterocycles. The van der Waals surface area contributed by atoms with Gasteiger partial charge in [0.15, 0.2) is 5.13 Å². The molecule has 2 amide bonds. The van der Waals surface area contributed by atoms with E-state index in [1.807, 2.05) is 26.0 Å². The topological polar surface area (TPSA) is 71.1 Å². The first-order chi connectivity index (χ1) is 9.95. The van der Waals surface area contributed by atoms with Crippen LogP contribution in [0.25, 0.3) is 10.4 Å². The van der Waals surface area contributed by atoms with Crippen LogP contribution >= 0.6 is 11.3 Å². The van der Waals surface area contributed by atoms with Gasteiger partial charge in [-0.05, 0) is 42.7 Å². The lowest BCUT2D eigenvalue weighted by Crippen LogP contribution is -2.13. The number of hydrogen-bond donors (Lipinski definition) is 2. The Hall–Kier alpha value is -2.21. The summed E-state index contributed by atoms with van der Waals surface area (Å²) >= 11 is 1.45. The molecule has 0 unspecified atom stereocenters. The van der Waals surface area contributed by atoms with E-state index in [4.69, 9.17) is 0 Å². The maximum atomic E-state index is 11.8. The summed E-state index contributed by atoms with van der Waals surface area (Å²) < 4.78 is 0. The minimum absolute atomic E-state index is 0.00554. The molecular weight excluding hydrogens is 286 g/mol. The fourth-order valence-electron chi connectivity index (χ4n) is 2.59. The molecule has 1 aliphatic rings. The quantitative estimate of drug-likeness (QED) is 0.895. The highest BCUT2D eigenvalue weighted by Gasteiger charge is 2.23. The summed E-state index contributed by atoms with van der Waals surface area (Å²) in [5.74, 6) is -0.135. The van der Waals surface area contributed by atoms with Gasteiger partial charge in [0, 0.05) is 19.0 Å². The predicted molar refractivity (Wildman–Crippen MR) is 82.5 cm³/mol. The molecule has 1 aliphatic heterocycles. The van der Waals surface area contributed by atoms with Crippen molar-refractivity contribution in [2.24, 2.45) is 0 Å². The SMILES string of the molecule is CC(=O)Nc1nc(C)c(-c2cc(C)c3c(c2)CNC3=O)s1. The largest absolute Gasteiger partial charge is 0.348 e. The number of nitrogens with zero attached hydrogens (tertiary/aromatic N) is 1. The smallest absolute Gasteiger partial charge is 0.252 e. The summed E-state index contributed by atoms with van der Waals surface area (Å²) in [6, 6.07) is 4.03. The van der Waals surface area contributed by atoms with E-state index in [0.29, 0.717) is 11.7 Å². The molecule has 0 spiro atoms. The molecule has 0 bridgehead atoms. The molecule has 5 nitrogen and oxygen atoms in total. The molecule has 0 radical (unpaired) electrons. The number of hydrogen-bond acceptors (Lipinski definition) is 4. The molecule has 0 saturated carbocycles. The molecule has 0 fully saturated rings. The second-order valence-electron chi connectivity index (χ2n) is 5.12. The highest BCUT2D eigenvalue weighted by Crippen LogP contribution is 2.35. The molecule has 0 saturated heterocycles. The fourth-order valence-corrected chi connectivity index (χ4v) is 3.59. The van der Waals surface area contributed by atoms with E-state index in [1.165, 1.54) is 18.3 Å². The lowest BCUT2D eigenvalue weighted by molar-refractivity contribution is -0.114. The Kier molecular flexibility index (Phi) is 3.25. The van der Waals surface area contributed by atoms with Crippen molar-refractivity contribution in [1.82, 2.24) is 10.3 Å². The lowest BCUT2D eigenvalue weighted by Gasteiger charge is -2.06. The maximum Gasteiger partial charge on any atom is 0.252 e. The van der Waals surface area contributed by atoms with Crippen molar-refractivity contribution in [3.63, 3.8) is 0 Å². The Morgan fingerprint density at radius 2 is 2.14 bits per heavy atom. The number of carbonyl (C=O) groups excluding carboxylic acids is 2. The number of nitrogens with one attached hydrogen (secondary N) is 2. The predicted octanol–water partition coefficient (Wildman–Crippen LogP) is 2.63. The van der Waals surface area contributed by atoms with E-state index in [9.17, 15) is 9.59 Å². The maximum absolute atomic E-state index is 11.8. The van der Waals surface area contributed by atoms with Gasteiger partial charge in [-0.1, -0.05) is 11.3 Å². The van der Waals surface area contributed by atoms with Crippen molar-refractivity contribution >= 4 is 28.3 Å². The van der Waals surface area contributed by atoms with Crippen LogP contribution in [0.5, 0.6) is 0 Å². The molecule has 6 heteroatoms. The Morgan fingerprint density at radius 3 is 2.86 bits per heavy atom. The second kappa shape index (κ2) is 4.96. The molecular formula is C15H15N3O2S. The standard InChI is InChI=1S/C15H15N3O2S/c1-7-4-10(5-11-6-16-14(20)12(7)11)13-8(2)17-15(21-13)18-9(3)19/h4-5H,6H2,1-3H3,(H,16,20)(H,17,18,19). The van der Waals surface area contributed by atoms with Gasteiger partial charge in [0.25, 0.3) is 5.91 Å². The molecule has 1 aromatic heterocycles. The minimum atomic E-state index is -0.129. The van der Waals surface area contributed by atoms with Gasteiger partial charge in [0.05, 0.1) is 10.6 Å². The van der Waals surface area contributed by atoms with Gasteiger partial charge in [-0.3, -0.25) is 9.59 Å². The first-order valence-electron chi connectivity index (χ1n) is 6.63. The van der Waals surface area contributed by atoms with E-state index < -0.39 is 0 Å². The van der Waals surface area contributed by atoms with Gasteiger partial charge < -0.3 is 10.6 Å². The number of rotatable bonds is 2. The molecule has 108 valence electrons. The van der Waals surface area contributed by atoms with Gasteiger partial charge >= 0.3 is 0 Å². The van der Waals surface area contributed by atoms with Crippen LogP contribution in [0, 0.1) is 13.8 Å². The molecule has 0 atom stereocenters. The van der Waals surface area contributed by atoms with E-state index in [0.717, 1.165) is 32.8 Å². The molecule has 2 aromatic rings. The third-order valence-corrected chi connectivity index (χ3v) is 4.55. The van der Waals surface area contributed by atoms with Crippen LogP contribution in [0.3, 0.4) is 0 Å². The summed E-state index contributed by atoms with van der Waals surface area (Å²) in [6.07, 6.45) is 0. The summed E-state index contributed by atoms with van der Waals surface area (Å²) in [7, 11) is 0. The third-order valence-electron chi connectivity index (χ3n) is 3.43. The summed E-state index contributed by atoms with van der Waals surface area (Å²) in [6.45, 7) is 5.90. The van der Waals surface area contributed by atoms with Gasteiger partial charge in [0.1, 0.15) is 0 Å². The highest BCUT2D eigenvalue weighted by atomic mass is 32.1. The third kappa shape index (κ3) is 2.42. The van der Waals surface area contributed by atoms with Crippen molar-refractivity contribution < 1.29 is 9.59 Å².